The molecule has 3 N–H and O–H groups in total. The molecule has 4 aliphatic rings. The van der Waals surface area contributed by atoms with Crippen LogP contribution < -0.4 is 20.3 Å². The van der Waals surface area contributed by atoms with Gasteiger partial charge in [-0.05, 0) is 83.3 Å². The summed E-state index contributed by atoms with van der Waals surface area (Å²) in [6.45, 7) is 7.62. The van der Waals surface area contributed by atoms with Gasteiger partial charge in [0.1, 0.15) is 29.3 Å². The van der Waals surface area contributed by atoms with Crippen LogP contribution in [0.5, 0.6) is 5.88 Å². The summed E-state index contributed by atoms with van der Waals surface area (Å²) >= 11 is 0. The van der Waals surface area contributed by atoms with E-state index in [2.05, 4.69) is 15.1 Å². The van der Waals surface area contributed by atoms with Crippen LogP contribution in [0, 0.1) is 17.8 Å². The van der Waals surface area contributed by atoms with E-state index in [1.165, 1.54) is 18.7 Å². The van der Waals surface area contributed by atoms with Gasteiger partial charge in [-0.15, -0.1) is 5.10 Å². The lowest BCUT2D eigenvalue weighted by molar-refractivity contribution is -0.156. The van der Waals surface area contributed by atoms with E-state index in [0.717, 1.165) is 18.7 Å². The number of carbonyl (C=O) groups is 4. The van der Waals surface area contributed by atoms with Crippen LogP contribution in [0.2, 0.25) is 0 Å². The molecule has 0 bridgehead atoms. The fourth-order valence-corrected chi connectivity index (χ4v) is 9.75. The third kappa shape index (κ3) is 8.47. The largest absolute Gasteiger partial charge is 0.471 e. The van der Waals surface area contributed by atoms with Crippen molar-refractivity contribution in [2.45, 2.75) is 133 Å². The Labute approximate surface area is 348 Å². The quantitative estimate of drug-likeness (QED) is 0.275. The average molecular weight is 863 g/mol. The highest BCUT2D eigenvalue weighted by Gasteiger charge is 2.63. The Kier molecular flexibility index (Phi) is 12.2. The number of carboxylic acid groups (broad SMARTS) is 1. The highest BCUT2D eigenvalue weighted by Crippen LogP contribution is 2.48. The third-order valence-corrected chi connectivity index (χ3v) is 15.1. The Morgan fingerprint density at radius 3 is 2.38 bits per heavy atom. The monoisotopic (exact) mass is 862 g/mol. The lowest BCUT2D eigenvalue weighted by atomic mass is 9.84. The predicted molar refractivity (Wildman–Crippen MR) is 216 cm³/mol. The average Bonchev–Trinajstić information content (AvgIpc) is 4.05. The van der Waals surface area contributed by atoms with Gasteiger partial charge in [-0.3, -0.25) is 28.8 Å². The summed E-state index contributed by atoms with van der Waals surface area (Å²) in [5.74, 6) is -7.86. The molecule has 19 heteroatoms. The number of nitrogens with zero attached hydrogens (tertiary/aromatic N) is 4. The minimum atomic E-state index is -4.12. The Hall–Kier alpha value is -4.65. The molecule has 0 unspecified atom stereocenters. The maximum atomic E-state index is 15.4. The minimum absolute atomic E-state index is 0.00147. The molecule has 0 spiro atoms. The van der Waals surface area contributed by atoms with Crippen molar-refractivity contribution in [1.29, 1.82) is 0 Å². The van der Waals surface area contributed by atoms with Gasteiger partial charge in [0, 0.05) is 26.4 Å². The first-order valence-corrected chi connectivity index (χ1v) is 21.9. The number of ether oxygens (including phenoxy) is 2. The molecule has 3 heterocycles. The number of methoxy groups -OCH3 is 1. The molecule has 6 rings (SSSR count). The van der Waals surface area contributed by atoms with Crippen molar-refractivity contribution in [3.05, 3.63) is 46.8 Å². The molecule has 1 aromatic heterocycles. The van der Waals surface area contributed by atoms with Crippen LogP contribution in [-0.4, -0.2) is 117 Å². The number of aromatic nitrogens is 2. The number of nitrogens with one attached hydrogen (secondary N) is 2. The number of allylic oxidation sites excluding steroid dienone is 1. The Balaban J connectivity index is 1.44. The summed E-state index contributed by atoms with van der Waals surface area (Å²) in [6, 6.07) is 3.42. The third-order valence-electron chi connectivity index (χ3n) is 13.0. The summed E-state index contributed by atoms with van der Waals surface area (Å²) in [6.07, 6.45) is 2.70. The number of hydrogen-bond acceptors (Lipinski definition) is 10. The molecule has 2 aromatic rings. The van der Waals surface area contributed by atoms with Gasteiger partial charge >= 0.3 is 6.09 Å². The molecule has 1 aromatic carbocycles. The summed E-state index contributed by atoms with van der Waals surface area (Å²) in [5.41, 5.74) is -4.51. The van der Waals surface area contributed by atoms with Gasteiger partial charge in [0.05, 0.1) is 35.2 Å². The number of amides is 4. The first-order valence-electron chi connectivity index (χ1n) is 20.4. The van der Waals surface area contributed by atoms with E-state index in [0.29, 0.717) is 42.9 Å². The van der Waals surface area contributed by atoms with Crippen LogP contribution in [0.4, 0.5) is 13.6 Å². The van der Waals surface area contributed by atoms with Crippen molar-refractivity contribution < 1.29 is 51.0 Å². The van der Waals surface area contributed by atoms with Gasteiger partial charge in [-0.1, -0.05) is 38.1 Å². The summed E-state index contributed by atoms with van der Waals surface area (Å²) < 4.78 is 71.1. The van der Waals surface area contributed by atoms with E-state index in [-0.39, 0.29) is 56.1 Å². The zero-order valence-electron chi connectivity index (χ0n) is 35.1. The van der Waals surface area contributed by atoms with Crippen LogP contribution >= 0.6 is 0 Å². The number of hydrogen-bond donors (Lipinski definition) is 3. The second kappa shape index (κ2) is 16.3. The molecule has 3 fully saturated rings. The first-order chi connectivity index (χ1) is 28.0. The molecular formula is C41H56F2N6O10S. The molecular weight excluding hydrogens is 807 g/mol. The number of alkyl halides is 2. The summed E-state index contributed by atoms with van der Waals surface area (Å²) in [4.78, 5) is 71.9. The second-order valence-electron chi connectivity index (χ2n) is 17.9. The van der Waals surface area contributed by atoms with Crippen molar-refractivity contribution in [2.24, 2.45) is 17.8 Å². The van der Waals surface area contributed by atoms with Crippen LogP contribution in [0.3, 0.4) is 0 Å². The number of sulfonamides is 1. The maximum Gasteiger partial charge on any atom is 0.408 e. The zero-order valence-corrected chi connectivity index (χ0v) is 35.9. The van der Waals surface area contributed by atoms with Gasteiger partial charge < -0.3 is 24.8 Å². The fourth-order valence-electron chi connectivity index (χ4n) is 8.44. The summed E-state index contributed by atoms with van der Waals surface area (Å²) in [5, 5.41) is 18.5. The van der Waals surface area contributed by atoms with Gasteiger partial charge in [0.2, 0.25) is 27.7 Å². The van der Waals surface area contributed by atoms with E-state index in [1.54, 1.807) is 37.3 Å². The van der Waals surface area contributed by atoms with E-state index >= 15 is 13.6 Å². The topological polar surface area (TPSA) is 207 Å². The molecule has 330 valence electrons. The molecule has 2 aliphatic carbocycles. The molecule has 16 nitrogen and oxygen atoms in total. The number of carbonyl (C=O) groups excluding carboxylic acids is 3. The lowest BCUT2D eigenvalue weighted by Gasteiger charge is -2.47. The number of halogens is 2. The minimum Gasteiger partial charge on any atom is -0.471 e. The van der Waals surface area contributed by atoms with Crippen molar-refractivity contribution in [2.75, 3.05) is 20.3 Å². The Morgan fingerprint density at radius 1 is 1.10 bits per heavy atom. The van der Waals surface area contributed by atoms with Crippen molar-refractivity contribution in [3.63, 3.8) is 0 Å². The van der Waals surface area contributed by atoms with Crippen LogP contribution in [0.25, 0.3) is 10.8 Å². The predicted octanol–water partition coefficient (Wildman–Crippen LogP) is 4.06. The molecule has 60 heavy (non-hydrogen) atoms. The van der Waals surface area contributed by atoms with Gasteiger partial charge in [0.25, 0.3) is 17.4 Å². The van der Waals surface area contributed by atoms with Crippen molar-refractivity contribution in [1.82, 2.24) is 29.6 Å². The maximum absolute atomic E-state index is 15.4. The summed E-state index contributed by atoms with van der Waals surface area (Å²) in [7, 11) is -2.65. The molecule has 2 saturated carbocycles. The normalized spacial score (nSPS) is 29.0. The van der Waals surface area contributed by atoms with Gasteiger partial charge in [-0.2, -0.15) is 0 Å². The number of fused-ring (bicyclic) bond motifs is 3. The van der Waals surface area contributed by atoms with E-state index in [4.69, 9.17) is 9.47 Å². The van der Waals surface area contributed by atoms with Gasteiger partial charge in [0.15, 0.2) is 0 Å². The second-order valence-corrected chi connectivity index (χ2v) is 20.1. The molecule has 0 radical (unpaired) electrons. The van der Waals surface area contributed by atoms with Crippen molar-refractivity contribution in [3.8, 4) is 5.88 Å². The van der Waals surface area contributed by atoms with E-state index in [9.17, 15) is 32.7 Å². The molecule has 2 aliphatic heterocycles. The first kappa shape index (κ1) is 44.9. The van der Waals surface area contributed by atoms with E-state index in [1.807, 2.05) is 13.0 Å². The molecule has 4 amide bonds. The number of rotatable bonds is 11. The Bertz CT molecular complexity index is 2220. The number of benzene rings is 1. The smallest absolute Gasteiger partial charge is 0.408 e. The standard InChI is InChI=1S/C41H56F2N6O10S/c1-24-12-8-9-13-26-22-41(26,36(53)46-60(56,57)39(5)16-17-39)44-32(50)30-21-27(59-33-28-14-10-11-15-29(28)34(51)48(45-33)18-19-58-7)23-47(30)35(52)31(25(2)20-24)49(37(54)55)38(3,4)40(6,42)43/h9-11,13-15,24-27,30-31H,8,12,16-23H2,1-7H3,(H,44,50)(H,46,53)(H,54,55)/b13-9-/t24-,25+,26+,27+,30-,31-,41+/m0/s1. The van der Waals surface area contributed by atoms with Crippen LogP contribution in [-0.2, 0) is 35.7 Å². The van der Waals surface area contributed by atoms with E-state index < -0.39 is 91.2 Å². The molecule has 7 atom stereocenters. The highest BCUT2D eigenvalue weighted by molar-refractivity contribution is 7.91. The zero-order chi connectivity index (χ0) is 44.2. The molecule has 1 saturated heterocycles. The van der Waals surface area contributed by atoms with Crippen LogP contribution in [0.15, 0.2) is 41.2 Å². The fraction of sp³-hybridized carbons (Fsp3) is 0.659. The van der Waals surface area contributed by atoms with Gasteiger partial charge in [-0.25, -0.2) is 26.7 Å². The Morgan fingerprint density at radius 2 is 1.77 bits per heavy atom. The highest BCUT2D eigenvalue weighted by atomic mass is 32.2. The SMILES string of the molecule is COCCn1nc(O[C@@H]2C[C@H]3C(=O)N[C@]4(C(=O)NS(=O)(=O)C5(C)CC5)C[C@H]4/C=C\CC[C@H](C)C[C@@H](C)[C@H](N(C(=O)O)C(C)(C)C(C)(F)F)C(=O)N3C2)c2ccccc2c1=O. The van der Waals surface area contributed by atoms with Crippen molar-refractivity contribution >= 4 is 44.6 Å². The lowest BCUT2D eigenvalue weighted by Crippen LogP contribution is -2.66. The van der Waals surface area contributed by atoms with Crippen LogP contribution in [0.1, 0.15) is 86.5 Å².